The summed E-state index contributed by atoms with van der Waals surface area (Å²) in [6.45, 7) is 0. The van der Waals surface area contributed by atoms with Crippen molar-refractivity contribution in [2.45, 2.75) is 0 Å². The van der Waals surface area contributed by atoms with E-state index in [-0.39, 0.29) is 0 Å². The van der Waals surface area contributed by atoms with E-state index in [1.54, 1.807) is 11.3 Å². The lowest BCUT2D eigenvalue weighted by molar-refractivity contribution is 1.09. The van der Waals surface area contributed by atoms with Crippen LogP contribution in [-0.4, -0.2) is 19.1 Å². The van der Waals surface area contributed by atoms with Crippen LogP contribution in [0.15, 0.2) is 170 Å². The third-order valence-electron chi connectivity index (χ3n) is 12.3. The zero-order chi connectivity index (χ0) is 37.6. The smallest absolute Gasteiger partial charge is 0.166 e. The van der Waals surface area contributed by atoms with Gasteiger partial charge < -0.3 is 4.57 Å². The van der Waals surface area contributed by atoms with Gasteiger partial charge in [-0.25, -0.2) is 9.97 Å². The normalized spacial score (nSPS) is 12.5. The average Bonchev–Trinajstić information content (AvgIpc) is 4.01. The van der Waals surface area contributed by atoms with Crippen LogP contribution in [0.25, 0.3) is 129 Å². The maximum absolute atomic E-state index is 5.73. The molecular formula is C52H28N4S2. The fraction of sp³-hybridized carbons (Fsp3) is 0. The lowest BCUT2D eigenvalue weighted by atomic mass is 9.91. The van der Waals surface area contributed by atoms with E-state index in [0.717, 1.165) is 43.8 Å². The Morgan fingerprint density at radius 2 is 1.02 bits per heavy atom. The van der Waals surface area contributed by atoms with Crippen LogP contribution in [0.2, 0.25) is 0 Å². The van der Waals surface area contributed by atoms with Crippen LogP contribution < -0.4 is 0 Å². The van der Waals surface area contributed by atoms with Gasteiger partial charge in [0.05, 0.1) is 27.8 Å². The maximum atomic E-state index is 5.73. The van der Waals surface area contributed by atoms with Crippen LogP contribution in [0.4, 0.5) is 0 Å². The zero-order valence-electron chi connectivity index (χ0n) is 30.8. The van der Waals surface area contributed by atoms with Gasteiger partial charge in [-0.15, -0.1) is 22.7 Å². The van der Waals surface area contributed by atoms with Crippen molar-refractivity contribution in [3.8, 4) is 45.0 Å². The molecule has 0 N–H and O–H groups in total. The number of aromatic nitrogens is 4. The Hall–Kier alpha value is -7.12. The number of thiophene rings is 2. The molecule has 268 valence electrons. The van der Waals surface area contributed by atoms with E-state index in [9.17, 15) is 0 Å². The highest BCUT2D eigenvalue weighted by molar-refractivity contribution is 7.26. The molecule has 0 atom stereocenters. The highest BCUT2D eigenvalue weighted by atomic mass is 32.1. The molecule has 0 saturated heterocycles. The molecule has 0 radical (unpaired) electrons. The van der Waals surface area contributed by atoms with Crippen molar-refractivity contribution in [2.24, 2.45) is 0 Å². The van der Waals surface area contributed by atoms with Gasteiger partial charge in [0.15, 0.2) is 5.82 Å². The Morgan fingerprint density at radius 1 is 0.397 bits per heavy atom. The van der Waals surface area contributed by atoms with Crippen molar-refractivity contribution < 1.29 is 0 Å². The molecule has 6 heteroatoms. The van der Waals surface area contributed by atoms with E-state index in [4.69, 9.17) is 9.97 Å². The van der Waals surface area contributed by atoms with Gasteiger partial charge in [-0.3, -0.25) is 4.57 Å². The van der Waals surface area contributed by atoms with Gasteiger partial charge in [0, 0.05) is 68.5 Å². The molecule has 0 spiro atoms. The van der Waals surface area contributed by atoms with E-state index < -0.39 is 0 Å². The van der Waals surface area contributed by atoms with Crippen molar-refractivity contribution in [3.05, 3.63) is 170 Å². The standard InChI is InChI=1S/C52H28N4S2/c1-2-17-32-29(14-1)30-15-3-8-22-38(30)55-39-23-9-4-16-31(39)37-28-41-46(47(32)50(37)55)33-18-5-10-24-40(33)56(41)51-48(53-49-35-20-7-12-26-43(35)58-52(49)54-51)36-21-13-27-44-45(36)34-19-6-11-25-42(34)57-44/h1-28H. The largest absolute Gasteiger partial charge is 0.308 e. The number of benzene rings is 8. The van der Waals surface area contributed by atoms with E-state index in [1.165, 1.54) is 85.4 Å². The first-order chi connectivity index (χ1) is 28.8. The van der Waals surface area contributed by atoms with Crippen LogP contribution in [0.3, 0.4) is 0 Å². The monoisotopic (exact) mass is 772 g/mol. The molecule has 5 aromatic heterocycles. The van der Waals surface area contributed by atoms with E-state index in [2.05, 4.69) is 179 Å². The van der Waals surface area contributed by atoms with Crippen molar-refractivity contribution in [3.63, 3.8) is 0 Å². The summed E-state index contributed by atoms with van der Waals surface area (Å²) in [5.74, 6) is 0.841. The third kappa shape index (κ3) is 3.93. The number of nitrogens with zero attached hydrogens (tertiary/aromatic N) is 4. The average molecular weight is 773 g/mol. The Morgan fingerprint density at radius 3 is 1.86 bits per heavy atom. The fourth-order valence-electron chi connectivity index (χ4n) is 9.97. The molecule has 0 fully saturated rings. The molecule has 8 aromatic carbocycles. The molecule has 0 bridgehead atoms. The molecule has 13 aromatic rings. The summed E-state index contributed by atoms with van der Waals surface area (Å²) < 4.78 is 8.64. The van der Waals surface area contributed by atoms with Gasteiger partial charge in [0.25, 0.3) is 0 Å². The molecule has 58 heavy (non-hydrogen) atoms. The predicted molar refractivity (Wildman–Crippen MR) is 246 cm³/mol. The quantitative estimate of drug-likeness (QED) is 0.175. The maximum Gasteiger partial charge on any atom is 0.166 e. The number of rotatable bonds is 2. The number of fused-ring (bicyclic) bond motifs is 18. The minimum absolute atomic E-state index is 0.841. The molecule has 6 heterocycles. The molecule has 0 saturated carbocycles. The lowest BCUT2D eigenvalue weighted by Crippen LogP contribution is -2.03. The van der Waals surface area contributed by atoms with Crippen molar-refractivity contribution in [2.75, 3.05) is 0 Å². The molecular weight excluding hydrogens is 745 g/mol. The number of para-hydroxylation sites is 3. The van der Waals surface area contributed by atoms with Crippen LogP contribution in [0.1, 0.15) is 0 Å². The molecule has 1 aliphatic heterocycles. The molecule has 0 aliphatic carbocycles. The molecule has 0 unspecified atom stereocenters. The first-order valence-electron chi connectivity index (χ1n) is 19.6. The van der Waals surface area contributed by atoms with E-state index in [1.807, 2.05) is 11.3 Å². The van der Waals surface area contributed by atoms with Crippen LogP contribution in [0.5, 0.6) is 0 Å². The second-order valence-corrected chi connectivity index (χ2v) is 17.3. The summed E-state index contributed by atoms with van der Waals surface area (Å²) in [6, 6.07) is 62.1. The SMILES string of the molecule is c1ccc2c(c1)-c1ccccc1-n1c3ccccc3c3cc4c(c-2c31)c1ccccc1n4-c1nc2sc3ccccc3c2nc1-c1cccc2sc3ccccc3c12. The summed E-state index contributed by atoms with van der Waals surface area (Å²) in [5.41, 5.74) is 13.7. The van der Waals surface area contributed by atoms with Crippen molar-refractivity contribution in [1.29, 1.82) is 0 Å². The third-order valence-corrected chi connectivity index (χ3v) is 14.5. The zero-order valence-corrected chi connectivity index (χ0v) is 32.4. The van der Waals surface area contributed by atoms with Gasteiger partial charge in [-0.2, -0.15) is 0 Å². The van der Waals surface area contributed by atoms with Gasteiger partial charge in [-0.1, -0.05) is 127 Å². The second-order valence-electron chi connectivity index (χ2n) is 15.2. The molecule has 14 rings (SSSR count). The van der Waals surface area contributed by atoms with Gasteiger partial charge in [0.1, 0.15) is 16.0 Å². The highest BCUT2D eigenvalue weighted by Crippen LogP contribution is 2.52. The Bertz CT molecular complexity index is 3930. The van der Waals surface area contributed by atoms with Crippen LogP contribution in [0, 0.1) is 0 Å². The van der Waals surface area contributed by atoms with Gasteiger partial charge in [-0.05, 0) is 53.6 Å². The number of hydrogen-bond donors (Lipinski definition) is 0. The lowest BCUT2D eigenvalue weighted by Gasteiger charge is -2.15. The first-order valence-corrected chi connectivity index (χ1v) is 21.2. The van der Waals surface area contributed by atoms with Gasteiger partial charge in [0.2, 0.25) is 0 Å². The van der Waals surface area contributed by atoms with E-state index >= 15 is 0 Å². The molecule has 4 nitrogen and oxygen atoms in total. The van der Waals surface area contributed by atoms with Gasteiger partial charge >= 0.3 is 0 Å². The summed E-state index contributed by atoms with van der Waals surface area (Å²) in [5, 5.41) is 8.46. The summed E-state index contributed by atoms with van der Waals surface area (Å²) >= 11 is 3.56. The number of hydrogen-bond acceptors (Lipinski definition) is 4. The minimum Gasteiger partial charge on any atom is -0.308 e. The van der Waals surface area contributed by atoms with Crippen molar-refractivity contribution in [1.82, 2.24) is 19.1 Å². The van der Waals surface area contributed by atoms with Crippen molar-refractivity contribution >= 4 is 107 Å². The predicted octanol–water partition coefficient (Wildman–Crippen LogP) is 14.7. The highest BCUT2D eigenvalue weighted by Gasteiger charge is 2.30. The summed E-state index contributed by atoms with van der Waals surface area (Å²) in [4.78, 5) is 12.4. The Labute approximate surface area is 339 Å². The fourth-order valence-corrected chi connectivity index (χ4v) is 12.1. The Kier molecular flexibility index (Phi) is 6.02. The summed E-state index contributed by atoms with van der Waals surface area (Å²) in [7, 11) is 0. The minimum atomic E-state index is 0.841. The Balaban J connectivity index is 1.22. The second kappa shape index (κ2) is 11.3. The first kappa shape index (κ1) is 31.0. The van der Waals surface area contributed by atoms with Crippen LogP contribution >= 0.6 is 22.7 Å². The molecule has 1 aliphatic rings. The summed E-state index contributed by atoms with van der Waals surface area (Å²) in [6.07, 6.45) is 0. The molecule has 0 amide bonds. The van der Waals surface area contributed by atoms with E-state index in [0.29, 0.717) is 0 Å². The van der Waals surface area contributed by atoms with Crippen LogP contribution in [-0.2, 0) is 0 Å². The topological polar surface area (TPSA) is 35.6 Å².